The minimum absolute atomic E-state index is 0.322. The van der Waals surface area contributed by atoms with Gasteiger partial charge in [0.2, 0.25) is 0 Å². The summed E-state index contributed by atoms with van der Waals surface area (Å²) in [5, 5.41) is 6.88. The maximum absolute atomic E-state index is 13.4. The second-order valence-electron chi connectivity index (χ2n) is 12.3. The first kappa shape index (κ1) is 32.1. The molecule has 0 aliphatic carbocycles. The number of aromatic nitrogens is 3. The Morgan fingerprint density at radius 2 is 1.78 bits per heavy atom. The van der Waals surface area contributed by atoms with E-state index >= 15 is 0 Å². The topological polar surface area (TPSA) is 90.9 Å². The number of ether oxygens (including phenoxy) is 2. The van der Waals surface area contributed by atoms with Crippen LogP contribution in [-0.2, 0) is 11.2 Å². The van der Waals surface area contributed by atoms with Crippen LogP contribution in [0.25, 0.3) is 22.2 Å². The van der Waals surface area contributed by atoms with Gasteiger partial charge in [-0.15, -0.1) is 0 Å². The molecule has 0 radical (unpaired) electrons. The number of aryl methyl sites for hydroxylation is 1. The second-order valence-corrected chi connectivity index (χ2v) is 13.1. The molecule has 244 valence electrons. The van der Waals surface area contributed by atoms with Crippen LogP contribution in [-0.4, -0.2) is 116 Å². The number of pyridine rings is 1. The Morgan fingerprint density at radius 1 is 1.02 bits per heavy atom. The van der Waals surface area contributed by atoms with Gasteiger partial charge in [-0.05, 0) is 49.8 Å². The molecular formula is C33H48FN8O2P. The molecule has 45 heavy (non-hydrogen) atoms. The van der Waals surface area contributed by atoms with Crippen LogP contribution in [0.4, 0.5) is 21.7 Å². The first-order chi connectivity index (χ1) is 22.0. The number of piperazine rings is 1. The number of rotatable bonds is 10. The van der Waals surface area contributed by atoms with Crippen molar-refractivity contribution in [1.82, 2.24) is 24.8 Å². The van der Waals surface area contributed by atoms with Gasteiger partial charge in [-0.25, -0.2) is 19.3 Å². The molecule has 3 saturated heterocycles. The van der Waals surface area contributed by atoms with E-state index in [1.54, 1.807) is 7.11 Å². The Labute approximate surface area is 268 Å². The number of anilines is 3. The van der Waals surface area contributed by atoms with Crippen LogP contribution in [0.5, 0.6) is 5.75 Å². The fraction of sp³-hybridized carbons (Fsp3) is 0.606. The van der Waals surface area contributed by atoms with E-state index in [0.717, 1.165) is 136 Å². The Hall–Kier alpha value is -2.85. The molecule has 3 aliphatic rings. The van der Waals surface area contributed by atoms with Crippen LogP contribution >= 0.6 is 9.24 Å². The number of halogens is 1. The van der Waals surface area contributed by atoms with Crippen molar-refractivity contribution in [2.45, 2.75) is 57.0 Å². The number of hydrogen-bond donors (Lipinski definition) is 2. The molecule has 1 aromatic carbocycles. The van der Waals surface area contributed by atoms with E-state index in [4.69, 9.17) is 24.4 Å². The number of alkyl halides is 1. The lowest BCUT2D eigenvalue weighted by Gasteiger charge is -2.43. The smallest absolute Gasteiger partial charge is 0.153 e. The predicted molar refractivity (Wildman–Crippen MR) is 184 cm³/mol. The third-order valence-electron chi connectivity index (χ3n) is 9.56. The number of nitrogens with one attached hydrogen (secondary N) is 2. The molecule has 0 bridgehead atoms. The van der Waals surface area contributed by atoms with Gasteiger partial charge in [-0.3, -0.25) is 9.80 Å². The molecule has 0 spiro atoms. The van der Waals surface area contributed by atoms with Gasteiger partial charge in [0.15, 0.2) is 5.82 Å². The fourth-order valence-corrected chi connectivity index (χ4v) is 7.30. The molecule has 3 aliphatic heterocycles. The van der Waals surface area contributed by atoms with Crippen LogP contribution in [0.2, 0.25) is 0 Å². The second kappa shape index (κ2) is 14.7. The zero-order chi connectivity index (χ0) is 31.3. The van der Waals surface area contributed by atoms with Crippen molar-refractivity contribution in [3.63, 3.8) is 0 Å². The summed E-state index contributed by atoms with van der Waals surface area (Å²) in [7, 11) is 5.89. The molecule has 2 atom stereocenters. The van der Waals surface area contributed by atoms with E-state index in [9.17, 15) is 4.39 Å². The first-order valence-corrected chi connectivity index (χ1v) is 17.1. The molecular weight excluding hydrogens is 590 g/mol. The number of piperidine rings is 1. The Morgan fingerprint density at radius 3 is 2.44 bits per heavy atom. The average Bonchev–Trinajstić information content (AvgIpc) is 3.08. The summed E-state index contributed by atoms with van der Waals surface area (Å²) in [4.78, 5) is 22.3. The standard InChI is InChI=1S/C33H48FN8O2P/c1-4-26-32(37-23-9-17-44-18-10-23)39-30-25(20-36-33(35-2)31(30)38-26)22-5-6-27(28(19-22)43-3)42-11-7-24(8-12-42)41-15-13-40(14-16-41)21-29(34)45/h5-6,19-20,23-24,29H,4,7-18,21,45H2,1-3H3,(H,35,36)(H,37,39). The SMILES string of the molecule is CCc1nc2c(NC)ncc(-c3ccc(N4CCC(N5CCN(CC(F)P)CC5)CC4)c(OC)c3)c2nc1NC1CCOCC1. The third-order valence-corrected chi connectivity index (χ3v) is 9.77. The zero-order valence-corrected chi connectivity index (χ0v) is 28.1. The number of hydrogen-bond acceptors (Lipinski definition) is 10. The van der Waals surface area contributed by atoms with Gasteiger partial charge in [0.05, 0.1) is 18.5 Å². The van der Waals surface area contributed by atoms with Crippen molar-refractivity contribution in [3.05, 3.63) is 30.1 Å². The van der Waals surface area contributed by atoms with Crippen LogP contribution in [0.1, 0.15) is 38.3 Å². The molecule has 3 aromatic rings. The van der Waals surface area contributed by atoms with E-state index < -0.39 is 5.91 Å². The van der Waals surface area contributed by atoms with Gasteiger partial charge >= 0.3 is 0 Å². The van der Waals surface area contributed by atoms with E-state index in [1.165, 1.54) is 0 Å². The average molecular weight is 639 g/mol. The molecule has 12 heteroatoms. The largest absolute Gasteiger partial charge is 0.495 e. The number of methoxy groups -OCH3 is 1. The van der Waals surface area contributed by atoms with E-state index in [-0.39, 0.29) is 0 Å². The molecule has 2 aromatic heterocycles. The summed E-state index contributed by atoms with van der Waals surface area (Å²) >= 11 is 0. The highest BCUT2D eigenvalue weighted by Gasteiger charge is 2.29. The molecule has 10 nitrogen and oxygen atoms in total. The van der Waals surface area contributed by atoms with Crippen molar-refractivity contribution in [2.75, 3.05) is 88.7 Å². The van der Waals surface area contributed by atoms with E-state index in [2.05, 4.69) is 59.7 Å². The third kappa shape index (κ3) is 7.27. The summed E-state index contributed by atoms with van der Waals surface area (Å²) < 4.78 is 25.0. The van der Waals surface area contributed by atoms with Crippen molar-refractivity contribution in [2.24, 2.45) is 0 Å². The molecule has 2 N–H and O–H groups in total. The number of nitrogens with zero attached hydrogens (tertiary/aromatic N) is 6. The van der Waals surface area contributed by atoms with Gasteiger partial charge < -0.3 is 25.0 Å². The Bertz CT molecular complexity index is 1440. The molecule has 5 heterocycles. The van der Waals surface area contributed by atoms with Crippen LogP contribution in [0, 0.1) is 0 Å². The molecule has 0 amide bonds. The fourth-order valence-electron chi connectivity index (χ4n) is 7.00. The quantitative estimate of drug-likeness (QED) is 0.306. The lowest BCUT2D eigenvalue weighted by Crippen LogP contribution is -2.53. The normalized spacial score (nSPS) is 20.0. The maximum atomic E-state index is 13.4. The Balaban J connectivity index is 1.21. The maximum Gasteiger partial charge on any atom is 0.153 e. The molecule has 0 saturated carbocycles. The van der Waals surface area contributed by atoms with Crippen LogP contribution in [0.15, 0.2) is 24.4 Å². The number of benzene rings is 1. The van der Waals surface area contributed by atoms with Gasteiger partial charge in [-0.1, -0.05) is 22.2 Å². The summed E-state index contributed by atoms with van der Waals surface area (Å²) in [5.74, 6) is 1.57. The molecule has 2 unspecified atom stereocenters. The number of fused-ring (bicyclic) bond motifs is 1. The highest BCUT2D eigenvalue weighted by atomic mass is 31.0. The molecule has 6 rings (SSSR count). The highest BCUT2D eigenvalue weighted by Crippen LogP contribution is 2.38. The zero-order valence-electron chi connectivity index (χ0n) is 26.9. The van der Waals surface area contributed by atoms with Gasteiger partial charge in [0.25, 0.3) is 0 Å². The first-order valence-electron chi connectivity index (χ1n) is 16.5. The van der Waals surface area contributed by atoms with Crippen molar-refractivity contribution < 1.29 is 13.9 Å². The Kier molecular flexibility index (Phi) is 10.5. The lowest BCUT2D eigenvalue weighted by atomic mass is 10.00. The van der Waals surface area contributed by atoms with Gasteiger partial charge in [-0.2, -0.15) is 0 Å². The molecule has 3 fully saturated rings. The summed E-state index contributed by atoms with van der Waals surface area (Å²) in [5.41, 5.74) is 5.57. The highest BCUT2D eigenvalue weighted by molar-refractivity contribution is 7.17. The van der Waals surface area contributed by atoms with Gasteiger partial charge in [0, 0.05) is 89.9 Å². The summed E-state index contributed by atoms with van der Waals surface area (Å²) in [6.07, 6.45) is 6.80. The summed E-state index contributed by atoms with van der Waals surface area (Å²) in [6.45, 7) is 10.0. The monoisotopic (exact) mass is 638 g/mol. The van der Waals surface area contributed by atoms with Crippen molar-refractivity contribution in [3.8, 4) is 16.9 Å². The predicted octanol–water partition coefficient (Wildman–Crippen LogP) is 4.65. The van der Waals surface area contributed by atoms with Crippen LogP contribution < -0.4 is 20.3 Å². The summed E-state index contributed by atoms with van der Waals surface area (Å²) in [6, 6.07) is 7.34. The van der Waals surface area contributed by atoms with Crippen LogP contribution in [0.3, 0.4) is 0 Å². The minimum atomic E-state index is -0.845. The lowest BCUT2D eigenvalue weighted by molar-refractivity contribution is 0.0790. The van der Waals surface area contributed by atoms with E-state index in [0.29, 0.717) is 18.6 Å². The van der Waals surface area contributed by atoms with Crippen molar-refractivity contribution in [1.29, 1.82) is 0 Å². The minimum Gasteiger partial charge on any atom is -0.495 e. The van der Waals surface area contributed by atoms with E-state index in [1.807, 2.05) is 13.2 Å². The van der Waals surface area contributed by atoms with Gasteiger partial charge in [0.1, 0.15) is 28.5 Å². The van der Waals surface area contributed by atoms with Crippen molar-refractivity contribution >= 4 is 37.6 Å².